The molecule has 0 aliphatic heterocycles. The first-order valence-electron chi connectivity index (χ1n) is 7.85. The number of fused-ring (bicyclic) bond motifs is 1. The van der Waals surface area contributed by atoms with Gasteiger partial charge in [-0.2, -0.15) is 0 Å². The first kappa shape index (κ1) is 15.1. The van der Waals surface area contributed by atoms with E-state index in [1.165, 1.54) is 0 Å². The summed E-state index contributed by atoms with van der Waals surface area (Å²) in [7, 11) is 1.65. The second-order valence-corrected chi connectivity index (χ2v) is 6.60. The van der Waals surface area contributed by atoms with Crippen LogP contribution in [0.25, 0.3) is 10.9 Å². The van der Waals surface area contributed by atoms with Crippen LogP contribution in [0.1, 0.15) is 18.4 Å². The summed E-state index contributed by atoms with van der Waals surface area (Å²) in [6.45, 7) is 0. The molecule has 2 N–H and O–H groups in total. The van der Waals surface area contributed by atoms with E-state index in [1.54, 1.807) is 19.2 Å². The van der Waals surface area contributed by atoms with Gasteiger partial charge in [0.05, 0.1) is 12.5 Å². The number of halogens is 1. The Hall–Kier alpha value is -2.46. The molecule has 1 fully saturated rings. The first-order valence-corrected chi connectivity index (χ1v) is 8.23. The Morgan fingerprint density at radius 1 is 1.25 bits per heavy atom. The number of nitrogens with one attached hydrogen (secondary N) is 2. The molecule has 5 heteroatoms. The highest BCUT2D eigenvalue weighted by Crippen LogP contribution is 2.51. The predicted octanol–water partition coefficient (Wildman–Crippen LogP) is 4.50. The smallest absolute Gasteiger partial charge is 0.235 e. The summed E-state index contributed by atoms with van der Waals surface area (Å²) in [4.78, 5) is 16.2. The van der Waals surface area contributed by atoms with E-state index in [1.807, 2.05) is 36.5 Å². The zero-order valence-corrected chi connectivity index (χ0v) is 14.0. The van der Waals surface area contributed by atoms with Crippen LogP contribution in [0.4, 0.5) is 5.69 Å². The van der Waals surface area contributed by atoms with Gasteiger partial charge in [0.2, 0.25) is 5.91 Å². The molecule has 0 atom stereocenters. The summed E-state index contributed by atoms with van der Waals surface area (Å²) in [5.41, 5.74) is 2.27. The summed E-state index contributed by atoms with van der Waals surface area (Å²) in [6.07, 6.45) is 3.61. The number of carbonyl (C=O) groups excluding carboxylic acids is 1. The van der Waals surface area contributed by atoms with E-state index in [2.05, 4.69) is 10.3 Å². The van der Waals surface area contributed by atoms with Crippen molar-refractivity contribution in [1.29, 1.82) is 0 Å². The van der Waals surface area contributed by atoms with Crippen LogP contribution in [0.5, 0.6) is 5.75 Å². The number of amides is 1. The lowest BCUT2D eigenvalue weighted by atomic mass is 9.94. The molecule has 1 amide bonds. The number of hydrogen-bond donors (Lipinski definition) is 2. The molecule has 0 bridgehead atoms. The highest BCUT2D eigenvalue weighted by Gasteiger charge is 2.52. The number of methoxy groups -OCH3 is 1. The van der Waals surface area contributed by atoms with Crippen LogP contribution in [0, 0.1) is 0 Å². The molecule has 0 spiro atoms. The van der Waals surface area contributed by atoms with Crippen molar-refractivity contribution in [1.82, 2.24) is 4.98 Å². The number of aromatic amines is 1. The third-order valence-corrected chi connectivity index (χ3v) is 4.91. The number of aromatic nitrogens is 1. The van der Waals surface area contributed by atoms with Crippen molar-refractivity contribution in [3.8, 4) is 5.75 Å². The molecule has 1 saturated carbocycles. The lowest BCUT2D eigenvalue weighted by molar-refractivity contribution is -0.118. The standard InChI is InChI=1S/C19H17ClN2O2/c1-24-14-5-6-17-15(10-14)16(11-21-17)19(7-8-19)18(23)22-13-4-2-3-12(20)9-13/h2-6,9-11,21H,7-8H2,1H3,(H,22,23). The largest absolute Gasteiger partial charge is 0.497 e. The number of hydrogen-bond acceptors (Lipinski definition) is 2. The molecule has 1 aliphatic carbocycles. The predicted molar refractivity (Wildman–Crippen MR) is 95.8 cm³/mol. The minimum atomic E-state index is -0.479. The van der Waals surface area contributed by atoms with Gasteiger partial charge in [-0.25, -0.2) is 0 Å². The lowest BCUT2D eigenvalue weighted by Crippen LogP contribution is -2.27. The Labute approximate surface area is 144 Å². The second kappa shape index (κ2) is 5.56. The summed E-state index contributed by atoms with van der Waals surface area (Å²) in [6, 6.07) is 13.1. The van der Waals surface area contributed by atoms with Crippen molar-refractivity contribution >= 4 is 34.1 Å². The zero-order chi connectivity index (χ0) is 16.7. The van der Waals surface area contributed by atoms with E-state index >= 15 is 0 Å². The van der Waals surface area contributed by atoms with Crippen LogP contribution in [0.2, 0.25) is 5.02 Å². The Morgan fingerprint density at radius 3 is 2.79 bits per heavy atom. The molecular formula is C19H17ClN2O2. The van der Waals surface area contributed by atoms with Crippen molar-refractivity contribution in [2.45, 2.75) is 18.3 Å². The molecule has 4 nitrogen and oxygen atoms in total. The maximum Gasteiger partial charge on any atom is 0.235 e. The van der Waals surface area contributed by atoms with Crippen molar-refractivity contribution in [3.63, 3.8) is 0 Å². The Morgan fingerprint density at radius 2 is 2.08 bits per heavy atom. The molecule has 0 unspecified atom stereocenters. The summed E-state index contributed by atoms with van der Waals surface area (Å²) >= 11 is 6.00. The second-order valence-electron chi connectivity index (χ2n) is 6.16. The van der Waals surface area contributed by atoms with E-state index in [0.29, 0.717) is 5.02 Å². The Bertz CT molecular complexity index is 928. The van der Waals surface area contributed by atoms with Crippen LogP contribution in [-0.2, 0) is 10.2 Å². The highest BCUT2D eigenvalue weighted by molar-refractivity contribution is 6.30. The average molecular weight is 341 g/mol. The molecular weight excluding hydrogens is 324 g/mol. The van der Waals surface area contributed by atoms with Gasteiger partial charge in [-0.3, -0.25) is 4.79 Å². The number of ether oxygens (including phenoxy) is 1. The maximum absolute atomic E-state index is 12.9. The quantitative estimate of drug-likeness (QED) is 0.734. The van der Waals surface area contributed by atoms with Crippen LogP contribution >= 0.6 is 11.6 Å². The van der Waals surface area contributed by atoms with Crippen LogP contribution in [0.3, 0.4) is 0 Å². The van der Waals surface area contributed by atoms with Gasteiger partial charge in [-0.15, -0.1) is 0 Å². The van der Waals surface area contributed by atoms with E-state index in [0.717, 1.165) is 40.7 Å². The molecule has 3 aromatic rings. The first-order chi connectivity index (χ1) is 11.6. The molecule has 122 valence electrons. The topological polar surface area (TPSA) is 54.1 Å². The summed E-state index contributed by atoms with van der Waals surface area (Å²) < 4.78 is 5.32. The average Bonchev–Trinajstić information content (AvgIpc) is 3.28. The number of benzene rings is 2. The SMILES string of the molecule is COc1ccc2[nH]cc(C3(C(=O)Nc4cccc(Cl)c4)CC3)c2c1. The van der Waals surface area contributed by atoms with Gasteiger partial charge in [0.15, 0.2) is 0 Å². The normalized spacial score (nSPS) is 15.2. The molecule has 1 heterocycles. The third-order valence-electron chi connectivity index (χ3n) is 4.67. The highest BCUT2D eigenvalue weighted by atomic mass is 35.5. The fourth-order valence-corrected chi connectivity index (χ4v) is 3.37. The Kier molecular flexibility index (Phi) is 3.50. The molecule has 0 radical (unpaired) electrons. The number of carbonyl (C=O) groups is 1. The minimum Gasteiger partial charge on any atom is -0.497 e. The maximum atomic E-state index is 12.9. The molecule has 24 heavy (non-hydrogen) atoms. The number of H-pyrrole nitrogens is 1. The van der Waals surface area contributed by atoms with Crippen molar-refractivity contribution < 1.29 is 9.53 Å². The molecule has 1 aliphatic rings. The molecule has 2 aromatic carbocycles. The Balaban J connectivity index is 1.69. The number of anilines is 1. The van der Waals surface area contributed by atoms with Gasteiger partial charge in [-0.1, -0.05) is 17.7 Å². The number of rotatable bonds is 4. The fraction of sp³-hybridized carbons (Fsp3) is 0.211. The van der Waals surface area contributed by atoms with Crippen LogP contribution in [-0.4, -0.2) is 18.0 Å². The summed E-state index contributed by atoms with van der Waals surface area (Å²) in [5.74, 6) is 0.794. The van der Waals surface area contributed by atoms with E-state index in [4.69, 9.17) is 16.3 Å². The van der Waals surface area contributed by atoms with E-state index in [-0.39, 0.29) is 5.91 Å². The third kappa shape index (κ3) is 2.43. The molecule has 1 aromatic heterocycles. The van der Waals surface area contributed by atoms with Gasteiger partial charge in [0.1, 0.15) is 5.75 Å². The van der Waals surface area contributed by atoms with E-state index < -0.39 is 5.41 Å². The van der Waals surface area contributed by atoms with E-state index in [9.17, 15) is 4.79 Å². The lowest BCUT2D eigenvalue weighted by Gasteiger charge is -2.15. The van der Waals surface area contributed by atoms with Crippen molar-refractivity contribution in [2.24, 2.45) is 0 Å². The van der Waals surface area contributed by atoms with Gasteiger partial charge in [0, 0.05) is 27.8 Å². The van der Waals surface area contributed by atoms with Crippen molar-refractivity contribution in [2.75, 3.05) is 12.4 Å². The summed E-state index contributed by atoms with van der Waals surface area (Å²) in [5, 5.41) is 4.64. The van der Waals surface area contributed by atoms with Gasteiger partial charge in [-0.05, 0) is 54.8 Å². The molecule has 4 rings (SSSR count). The minimum absolute atomic E-state index is 0.00786. The van der Waals surface area contributed by atoms with Crippen molar-refractivity contribution in [3.05, 3.63) is 59.2 Å². The fourth-order valence-electron chi connectivity index (χ4n) is 3.18. The van der Waals surface area contributed by atoms with Crippen LogP contribution < -0.4 is 10.1 Å². The van der Waals surface area contributed by atoms with Gasteiger partial charge in [0.25, 0.3) is 0 Å². The van der Waals surface area contributed by atoms with Gasteiger partial charge >= 0.3 is 0 Å². The monoisotopic (exact) mass is 340 g/mol. The zero-order valence-electron chi connectivity index (χ0n) is 13.2. The van der Waals surface area contributed by atoms with Crippen LogP contribution in [0.15, 0.2) is 48.7 Å². The molecule has 0 saturated heterocycles. The van der Waals surface area contributed by atoms with Gasteiger partial charge < -0.3 is 15.0 Å².